The number of anilines is 1. The Morgan fingerprint density at radius 1 is 1.18 bits per heavy atom. The molecule has 0 bridgehead atoms. The van der Waals surface area contributed by atoms with E-state index >= 15 is 0 Å². The topological polar surface area (TPSA) is 108 Å². The van der Waals surface area contributed by atoms with Crippen molar-refractivity contribution in [1.29, 1.82) is 0 Å². The lowest BCUT2D eigenvalue weighted by atomic mass is 10.2. The Kier molecular flexibility index (Phi) is 6.05. The van der Waals surface area contributed by atoms with Crippen LogP contribution in [0.25, 0.3) is 0 Å². The number of benzene rings is 1. The van der Waals surface area contributed by atoms with Gasteiger partial charge in [-0.15, -0.1) is 0 Å². The molecule has 0 saturated carbocycles. The summed E-state index contributed by atoms with van der Waals surface area (Å²) in [5.74, 6) is -0.292. The number of guanidine groups is 1. The van der Waals surface area contributed by atoms with Crippen molar-refractivity contribution in [1.82, 2.24) is 25.3 Å². The molecule has 3 aromatic rings. The standard InChI is InChI=1S/C19H20FN7O/c1-12-9-13(2)25-19(24-12)27-18(22-8-7-16-10-21-11-23-16)26-17(28)14-3-5-15(20)6-4-14/h3-6,9-11H,7-8H2,1-2H3,(H,21,23)(H2,22,24,25,26,27,28). The maximum absolute atomic E-state index is 13.1. The number of carbonyl (C=O) groups is 1. The highest BCUT2D eigenvalue weighted by Crippen LogP contribution is 2.05. The SMILES string of the molecule is Cc1cc(C)nc(NC(=NCCc2cnc[nH]2)NC(=O)c2ccc(F)cc2)n1. The average Bonchev–Trinajstić information content (AvgIpc) is 3.14. The number of nitrogens with zero attached hydrogens (tertiary/aromatic N) is 4. The lowest BCUT2D eigenvalue weighted by molar-refractivity contribution is 0.0977. The normalized spacial score (nSPS) is 11.3. The summed E-state index contributed by atoms with van der Waals surface area (Å²) in [6.45, 7) is 4.11. The summed E-state index contributed by atoms with van der Waals surface area (Å²) in [7, 11) is 0. The highest BCUT2D eigenvalue weighted by molar-refractivity contribution is 6.09. The molecule has 0 radical (unpaired) electrons. The Bertz CT molecular complexity index is 948. The molecule has 1 aromatic carbocycles. The number of H-pyrrole nitrogens is 1. The molecule has 9 heteroatoms. The lowest BCUT2D eigenvalue weighted by Crippen LogP contribution is -2.37. The third-order valence-corrected chi connectivity index (χ3v) is 3.76. The summed E-state index contributed by atoms with van der Waals surface area (Å²) in [5, 5.41) is 5.64. The summed E-state index contributed by atoms with van der Waals surface area (Å²) < 4.78 is 13.1. The van der Waals surface area contributed by atoms with Crippen molar-refractivity contribution < 1.29 is 9.18 Å². The highest BCUT2D eigenvalue weighted by Gasteiger charge is 2.11. The monoisotopic (exact) mass is 381 g/mol. The number of halogens is 1. The smallest absolute Gasteiger partial charge is 0.257 e. The molecule has 3 N–H and O–H groups in total. The van der Waals surface area contributed by atoms with E-state index in [9.17, 15) is 9.18 Å². The van der Waals surface area contributed by atoms with E-state index in [2.05, 4.69) is 35.6 Å². The molecule has 8 nitrogen and oxygen atoms in total. The minimum atomic E-state index is -0.419. The Labute approximate surface area is 161 Å². The van der Waals surface area contributed by atoms with Crippen LogP contribution in [0.15, 0.2) is 47.8 Å². The molecule has 2 aromatic heterocycles. The van der Waals surface area contributed by atoms with Crippen molar-refractivity contribution in [3.8, 4) is 0 Å². The van der Waals surface area contributed by atoms with Gasteiger partial charge in [-0.3, -0.25) is 20.4 Å². The van der Waals surface area contributed by atoms with Crippen LogP contribution in [-0.4, -0.2) is 38.3 Å². The molecule has 0 atom stereocenters. The van der Waals surface area contributed by atoms with Gasteiger partial charge in [0, 0.05) is 41.8 Å². The summed E-state index contributed by atoms with van der Waals surface area (Å²) in [5.41, 5.74) is 2.81. The van der Waals surface area contributed by atoms with E-state index in [-0.39, 0.29) is 5.96 Å². The van der Waals surface area contributed by atoms with Crippen molar-refractivity contribution in [2.75, 3.05) is 11.9 Å². The number of amides is 1. The van der Waals surface area contributed by atoms with Crippen LogP contribution >= 0.6 is 0 Å². The molecule has 1 amide bonds. The molecule has 2 heterocycles. The Morgan fingerprint density at radius 3 is 2.54 bits per heavy atom. The number of aliphatic imine (C=N–C) groups is 1. The van der Waals surface area contributed by atoms with Gasteiger partial charge >= 0.3 is 0 Å². The fourth-order valence-corrected chi connectivity index (χ4v) is 2.49. The van der Waals surface area contributed by atoms with Crippen LogP contribution in [0.1, 0.15) is 27.4 Å². The molecular formula is C19H20FN7O. The first-order valence-corrected chi connectivity index (χ1v) is 8.67. The number of aromatic nitrogens is 4. The van der Waals surface area contributed by atoms with Gasteiger partial charge in [-0.05, 0) is 44.2 Å². The van der Waals surface area contributed by atoms with Crippen molar-refractivity contribution in [2.45, 2.75) is 20.3 Å². The zero-order chi connectivity index (χ0) is 19.9. The highest BCUT2D eigenvalue weighted by atomic mass is 19.1. The van der Waals surface area contributed by atoms with E-state index in [1.54, 1.807) is 12.5 Å². The van der Waals surface area contributed by atoms with Crippen molar-refractivity contribution in [2.24, 2.45) is 4.99 Å². The molecule has 0 aliphatic rings. The Balaban J connectivity index is 1.76. The third kappa shape index (κ3) is 5.44. The molecule has 0 aliphatic heterocycles. The fraction of sp³-hybridized carbons (Fsp3) is 0.211. The van der Waals surface area contributed by atoms with Crippen molar-refractivity contribution >= 4 is 17.8 Å². The first kappa shape index (κ1) is 19.2. The van der Waals surface area contributed by atoms with Crippen LogP contribution in [-0.2, 0) is 6.42 Å². The van der Waals surface area contributed by atoms with Gasteiger partial charge in [0.05, 0.1) is 6.33 Å². The lowest BCUT2D eigenvalue weighted by Gasteiger charge is -2.11. The zero-order valence-corrected chi connectivity index (χ0v) is 15.5. The summed E-state index contributed by atoms with van der Waals surface area (Å²) in [6.07, 6.45) is 3.93. The van der Waals surface area contributed by atoms with Gasteiger partial charge in [0.2, 0.25) is 11.9 Å². The quantitative estimate of drug-likeness (QED) is 0.465. The second-order valence-corrected chi connectivity index (χ2v) is 6.12. The Hall–Kier alpha value is -3.62. The van der Waals surface area contributed by atoms with Crippen LogP contribution in [0.3, 0.4) is 0 Å². The van der Waals surface area contributed by atoms with Crippen LogP contribution in [0.2, 0.25) is 0 Å². The number of aromatic amines is 1. The zero-order valence-electron chi connectivity index (χ0n) is 15.5. The number of carbonyl (C=O) groups excluding carboxylic acids is 1. The average molecular weight is 381 g/mol. The van der Waals surface area contributed by atoms with Crippen molar-refractivity contribution in [3.63, 3.8) is 0 Å². The van der Waals surface area contributed by atoms with Gasteiger partial charge in [0.1, 0.15) is 5.82 Å². The van der Waals surface area contributed by atoms with E-state index < -0.39 is 11.7 Å². The summed E-state index contributed by atoms with van der Waals surface area (Å²) in [4.78, 5) is 32.4. The predicted octanol–water partition coefficient (Wildman–Crippen LogP) is 2.40. The Morgan fingerprint density at radius 2 is 1.89 bits per heavy atom. The number of hydrogen-bond donors (Lipinski definition) is 3. The van der Waals surface area contributed by atoms with E-state index in [1.165, 1.54) is 24.3 Å². The number of nitrogens with one attached hydrogen (secondary N) is 3. The largest absolute Gasteiger partial charge is 0.348 e. The number of rotatable bonds is 5. The van der Waals surface area contributed by atoms with Crippen LogP contribution in [0.5, 0.6) is 0 Å². The summed E-state index contributed by atoms with van der Waals surface area (Å²) in [6, 6.07) is 7.10. The van der Waals surface area contributed by atoms with E-state index in [4.69, 9.17) is 0 Å². The molecule has 28 heavy (non-hydrogen) atoms. The van der Waals surface area contributed by atoms with Crippen molar-refractivity contribution in [3.05, 3.63) is 71.3 Å². The molecule has 0 fully saturated rings. The fourth-order valence-electron chi connectivity index (χ4n) is 2.49. The van der Waals surface area contributed by atoms with E-state index in [0.717, 1.165) is 17.1 Å². The second kappa shape index (κ2) is 8.85. The number of aryl methyl sites for hydroxylation is 2. The van der Waals surface area contributed by atoms with Crippen LogP contribution in [0.4, 0.5) is 10.3 Å². The number of imidazole rings is 1. The molecule has 0 saturated heterocycles. The van der Waals surface area contributed by atoms with Gasteiger partial charge in [0.15, 0.2) is 0 Å². The molecule has 0 spiro atoms. The van der Waals surface area contributed by atoms with Crippen LogP contribution < -0.4 is 10.6 Å². The second-order valence-electron chi connectivity index (χ2n) is 6.12. The van der Waals surface area contributed by atoms with Gasteiger partial charge < -0.3 is 4.98 Å². The molecule has 0 aliphatic carbocycles. The van der Waals surface area contributed by atoms with Gasteiger partial charge in [0.25, 0.3) is 5.91 Å². The number of hydrogen-bond acceptors (Lipinski definition) is 5. The molecule has 3 rings (SSSR count). The predicted molar refractivity (Wildman–Crippen MR) is 104 cm³/mol. The molecule has 144 valence electrons. The molecule has 0 unspecified atom stereocenters. The van der Waals surface area contributed by atoms with Gasteiger partial charge in [-0.25, -0.2) is 19.3 Å². The first-order chi connectivity index (χ1) is 13.5. The summed E-state index contributed by atoms with van der Waals surface area (Å²) >= 11 is 0. The third-order valence-electron chi connectivity index (χ3n) is 3.76. The molecular weight excluding hydrogens is 361 g/mol. The maximum Gasteiger partial charge on any atom is 0.257 e. The van der Waals surface area contributed by atoms with Gasteiger partial charge in [-0.1, -0.05) is 0 Å². The van der Waals surface area contributed by atoms with Gasteiger partial charge in [-0.2, -0.15) is 0 Å². The maximum atomic E-state index is 13.1. The first-order valence-electron chi connectivity index (χ1n) is 8.67. The van der Waals surface area contributed by atoms with E-state index in [1.807, 2.05) is 19.9 Å². The minimum Gasteiger partial charge on any atom is -0.348 e. The minimum absolute atomic E-state index is 0.207. The van der Waals surface area contributed by atoms with E-state index in [0.29, 0.717) is 24.5 Å². The van der Waals surface area contributed by atoms with Crippen LogP contribution in [0, 0.1) is 19.7 Å².